The van der Waals surface area contributed by atoms with Gasteiger partial charge in [0.25, 0.3) is 5.91 Å². The number of unbranched alkanes of at least 4 members (excludes halogenated alkanes) is 1. The number of aromatic amines is 1. The van der Waals surface area contributed by atoms with Crippen molar-refractivity contribution in [2.75, 3.05) is 13.1 Å². The number of aromatic nitrogens is 2. The van der Waals surface area contributed by atoms with E-state index >= 15 is 0 Å². The number of carbonyl (C=O) groups excluding carboxylic acids is 1. The van der Waals surface area contributed by atoms with Crippen molar-refractivity contribution in [1.82, 2.24) is 30.9 Å². The van der Waals surface area contributed by atoms with E-state index in [1.54, 1.807) is 44.3 Å². The van der Waals surface area contributed by atoms with Crippen LogP contribution in [0.2, 0.25) is 0 Å². The number of aliphatic imine (C=N–C) groups is 1. The minimum Gasteiger partial charge on any atom is -0.478 e. The van der Waals surface area contributed by atoms with Crippen LogP contribution in [0.4, 0.5) is 0 Å². The Hall–Kier alpha value is -4.43. The van der Waals surface area contributed by atoms with Gasteiger partial charge in [-0.15, -0.1) is 0 Å². The van der Waals surface area contributed by atoms with Gasteiger partial charge in [-0.1, -0.05) is 54.6 Å². The predicted octanol–water partition coefficient (Wildman–Crippen LogP) is 3.44. The van der Waals surface area contributed by atoms with E-state index in [-0.39, 0.29) is 29.6 Å². The van der Waals surface area contributed by atoms with Crippen LogP contribution in [0.15, 0.2) is 76.7 Å². The zero-order valence-electron chi connectivity index (χ0n) is 25.1. The number of carbonyl (C=O) groups is 2. The molecule has 2 unspecified atom stereocenters. The molecule has 45 heavy (non-hydrogen) atoms. The number of amides is 1. The Morgan fingerprint density at radius 3 is 2.47 bits per heavy atom. The quantitative estimate of drug-likeness (QED) is 0.0960. The number of carboxylic acid groups (broad SMARTS) is 1. The second kappa shape index (κ2) is 13.7. The molecule has 2 heterocycles. The lowest BCUT2D eigenvalue weighted by atomic mass is 10.0. The van der Waals surface area contributed by atoms with Crippen molar-refractivity contribution in [3.05, 3.63) is 83.6 Å². The molecule has 0 saturated carbocycles. The number of aliphatic carboxylic acids is 1. The number of fused-ring (bicyclic) bond motifs is 1. The summed E-state index contributed by atoms with van der Waals surface area (Å²) in [7, 11) is -4.45. The summed E-state index contributed by atoms with van der Waals surface area (Å²) >= 11 is 0. The van der Waals surface area contributed by atoms with Gasteiger partial charge in [0.2, 0.25) is 15.7 Å². The van der Waals surface area contributed by atoms with Gasteiger partial charge in [-0.2, -0.15) is 9.82 Å². The molecule has 1 aliphatic rings. The van der Waals surface area contributed by atoms with E-state index in [0.717, 1.165) is 24.1 Å². The minimum atomic E-state index is -4.45. The first-order chi connectivity index (χ1) is 21.6. The number of rotatable bonds is 13. The molecule has 3 aromatic carbocycles. The van der Waals surface area contributed by atoms with Gasteiger partial charge in [-0.3, -0.25) is 25.5 Å². The van der Waals surface area contributed by atoms with Gasteiger partial charge in [-0.25, -0.2) is 13.2 Å². The van der Waals surface area contributed by atoms with Crippen molar-refractivity contribution in [3.63, 3.8) is 0 Å². The fraction of sp³-hybridized carbons (Fsp3) is 0.312. The van der Waals surface area contributed by atoms with E-state index in [1.165, 1.54) is 6.07 Å². The Morgan fingerprint density at radius 1 is 1.02 bits per heavy atom. The SMILES string of the molecule is Cc1cc(-c2ccccc2)cc(C)c1S(=O)(=O)NC(CCCCNC1N=CCCN1)(NC(=O)c1cccc2cn[nH]c12)C(=O)O. The first kappa shape index (κ1) is 32.0. The molecule has 0 spiro atoms. The Labute approximate surface area is 261 Å². The highest BCUT2D eigenvalue weighted by Crippen LogP contribution is 2.29. The lowest BCUT2D eigenvalue weighted by molar-refractivity contribution is -0.145. The highest BCUT2D eigenvalue weighted by atomic mass is 32.2. The van der Waals surface area contributed by atoms with Crippen molar-refractivity contribution in [1.29, 1.82) is 0 Å². The second-order valence-electron chi connectivity index (χ2n) is 11.1. The van der Waals surface area contributed by atoms with Crippen molar-refractivity contribution >= 4 is 39.0 Å². The average molecular weight is 632 g/mol. The molecule has 0 saturated heterocycles. The summed E-state index contributed by atoms with van der Waals surface area (Å²) in [5, 5.41) is 27.0. The Morgan fingerprint density at radius 2 is 1.78 bits per heavy atom. The Kier molecular flexibility index (Phi) is 9.73. The molecule has 6 N–H and O–H groups in total. The number of hydrogen-bond acceptors (Lipinski definition) is 8. The molecule has 1 aromatic heterocycles. The van der Waals surface area contributed by atoms with Crippen molar-refractivity contribution in [2.45, 2.75) is 56.4 Å². The molecule has 0 fully saturated rings. The first-order valence-electron chi connectivity index (χ1n) is 14.8. The fourth-order valence-corrected chi connectivity index (χ4v) is 7.38. The van der Waals surface area contributed by atoms with E-state index in [4.69, 9.17) is 0 Å². The van der Waals surface area contributed by atoms with E-state index in [2.05, 4.69) is 35.9 Å². The third kappa shape index (κ3) is 7.28. The number of nitrogens with one attached hydrogen (secondary N) is 5. The van der Waals surface area contributed by atoms with Crippen LogP contribution in [0.25, 0.3) is 22.0 Å². The van der Waals surface area contributed by atoms with Crippen LogP contribution in [-0.4, -0.2) is 66.9 Å². The summed E-state index contributed by atoms with van der Waals surface area (Å²) in [4.78, 5) is 30.9. The third-order valence-electron chi connectivity index (χ3n) is 7.74. The molecular weight excluding hydrogens is 594 g/mol. The highest BCUT2D eigenvalue weighted by molar-refractivity contribution is 7.89. The zero-order chi connectivity index (χ0) is 32.0. The fourth-order valence-electron chi connectivity index (χ4n) is 5.61. The molecule has 0 radical (unpaired) electrons. The number of sulfonamides is 1. The summed E-state index contributed by atoms with van der Waals surface area (Å²) in [5.74, 6) is -2.29. The summed E-state index contributed by atoms with van der Waals surface area (Å²) in [6, 6.07) is 18.0. The summed E-state index contributed by atoms with van der Waals surface area (Å²) < 4.78 is 30.5. The number of nitrogens with zero attached hydrogens (tertiary/aromatic N) is 2. The number of benzene rings is 3. The van der Waals surface area contributed by atoms with E-state index < -0.39 is 27.6 Å². The van der Waals surface area contributed by atoms with Gasteiger partial charge in [0, 0.05) is 18.1 Å². The Bertz CT molecular complexity index is 1800. The summed E-state index contributed by atoms with van der Waals surface area (Å²) in [6.07, 6.45) is 4.56. The minimum absolute atomic E-state index is 0.0411. The standard InChI is InChI=1S/C32H37N7O5S/c1-21-18-25(23-10-4-3-5-11-23)19-22(2)28(21)45(43,44)39-32(30(41)42,14-6-7-15-33-31-34-16-9-17-35-31)37-29(40)26-13-8-12-24-20-36-38-27(24)26/h3-5,8,10-13,16,18-20,31,33,35,39H,6-7,9,14-15,17H2,1-2H3,(H,36,38)(H,37,40)(H,41,42). The van der Waals surface area contributed by atoms with Crippen molar-refractivity contribution in [3.8, 4) is 11.1 Å². The van der Waals surface area contributed by atoms with Crippen molar-refractivity contribution < 1.29 is 23.1 Å². The smallest absolute Gasteiger partial charge is 0.345 e. The van der Waals surface area contributed by atoms with Crippen LogP contribution in [0.5, 0.6) is 0 Å². The van der Waals surface area contributed by atoms with E-state index in [1.807, 2.05) is 36.5 Å². The molecule has 4 aromatic rings. The molecule has 1 amide bonds. The number of carboxylic acids is 1. The average Bonchev–Trinajstić information content (AvgIpc) is 3.50. The summed E-state index contributed by atoms with van der Waals surface area (Å²) in [6.45, 7) is 4.63. The molecule has 236 valence electrons. The molecule has 2 atom stereocenters. The molecular formula is C32H37N7O5S. The van der Waals surface area contributed by atoms with Gasteiger partial charge in [0.1, 0.15) is 0 Å². The van der Waals surface area contributed by atoms with E-state index in [9.17, 15) is 23.1 Å². The molecule has 12 nitrogen and oxygen atoms in total. The number of aryl methyl sites for hydroxylation is 2. The van der Waals surface area contributed by atoms with Crippen LogP contribution in [0.1, 0.15) is 47.2 Å². The molecule has 13 heteroatoms. The third-order valence-corrected chi connectivity index (χ3v) is 9.54. The zero-order valence-corrected chi connectivity index (χ0v) is 25.9. The van der Waals surface area contributed by atoms with Gasteiger partial charge in [-0.05, 0) is 74.4 Å². The number of para-hydroxylation sites is 1. The van der Waals surface area contributed by atoms with Crippen LogP contribution < -0.4 is 20.7 Å². The van der Waals surface area contributed by atoms with E-state index in [0.29, 0.717) is 35.0 Å². The van der Waals surface area contributed by atoms with Crippen LogP contribution in [-0.2, 0) is 14.8 Å². The largest absolute Gasteiger partial charge is 0.478 e. The molecule has 0 aliphatic carbocycles. The van der Waals surface area contributed by atoms with Gasteiger partial charge in [0.05, 0.1) is 22.2 Å². The maximum absolute atomic E-state index is 14.0. The Balaban J connectivity index is 1.44. The van der Waals surface area contributed by atoms with Crippen LogP contribution in [0, 0.1) is 13.8 Å². The molecule has 5 rings (SSSR count). The predicted molar refractivity (Wildman–Crippen MR) is 172 cm³/mol. The maximum atomic E-state index is 14.0. The molecule has 1 aliphatic heterocycles. The van der Waals surface area contributed by atoms with Crippen LogP contribution >= 0.6 is 0 Å². The first-order valence-corrected chi connectivity index (χ1v) is 16.2. The molecule has 0 bridgehead atoms. The van der Waals surface area contributed by atoms with Gasteiger partial charge in [0.15, 0.2) is 6.29 Å². The second-order valence-corrected chi connectivity index (χ2v) is 12.7. The lowest BCUT2D eigenvalue weighted by Gasteiger charge is -2.32. The summed E-state index contributed by atoms with van der Waals surface area (Å²) in [5.41, 5.74) is 0.832. The van der Waals surface area contributed by atoms with Gasteiger partial charge >= 0.3 is 5.97 Å². The number of H-pyrrole nitrogens is 1. The number of hydrogen-bond donors (Lipinski definition) is 6. The normalized spacial score (nSPS) is 16.4. The maximum Gasteiger partial charge on any atom is 0.345 e. The monoisotopic (exact) mass is 631 g/mol. The van der Waals surface area contributed by atoms with Gasteiger partial charge < -0.3 is 10.4 Å². The van der Waals surface area contributed by atoms with Crippen LogP contribution in [0.3, 0.4) is 0 Å². The van der Waals surface area contributed by atoms with Crippen molar-refractivity contribution in [2.24, 2.45) is 4.99 Å². The lowest BCUT2D eigenvalue weighted by Crippen LogP contribution is -2.65. The topological polar surface area (TPSA) is 178 Å². The highest BCUT2D eigenvalue weighted by Gasteiger charge is 2.44.